The number of rotatable bonds is 3. The van der Waals surface area contributed by atoms with Crippen LogP contribution in [0.4, 0.5) is 11.4 Å². The third-order valence-corrected chi connectivity index (χ3v) is 3.39. The van der Waals surface area contributed by atoms with Crippen molar-refractivity contribution in [1.82, 2.24) is 4.98 Å². The average molecular weight is 263 g/mol. The van der Waals surface area contributed by atoms with Crippen LogP contribution in [0.25, 0.3) is 10.9 Å². The molecule has 0 fully saturated rings. The molecule has 3 aromatic rings. The molecular weight excluding hydrogens is 246 g/mol. The molecule has 0 spiro atoms. The molecule has 20 heavy (non-hydrogen) atoms. The summed E-state index contributed by atoms with van der Waals surface area (Å²) >= 11 is 0. The molecule has 1 heterocycles. The third kappa shape index (κ3) is 2.43. The van der Waals surface area contributed by atoms with Gasteiger partial charge in [0, 0.05) is 11.9 Å². The number of anilines is 2. The Kier molecular flexibility index (Phi) is 3.25. The van der Waals surface area contributed by atoms with Gasteiger partial charge in [0.15, 0.2) is 0 Å². The van der Waals surface area contributed by atoms with Crippen molar-refractivity contribution >= 4 is 22.3 Å². The third-order valence-electron chi connectivity index (χ3n) is 3.39. The monoisotopic (exact) mass is 263 g/mol. The molecule has 0 saturated heterocycles. The molecule has 0 aliphatic heterocycles. The molecule has 1 aromatic heterocycles. The van der Waals surface area contributed by atoms with Gasteiger partial charge in [0.1, 0.15) is 0 Å². The minimum atomic E-state index is 0.677. The Labute approximate surface area is 118 Å². The number of fused-ring (bicyclic) bond motifs is 1. The molecule has 0 aliphatic carbocycles. The lowest BCUT2D eigenvalue weighted by Crippen LogP contribution is -2.04. The summed E-state index contributed by atoms with van der Waals surface area (Å²) in [5.74, 6) is 0. The maximum absolute atomic E-state index is 6.05. The van der Waals surface area contributed by atoms with E-state index < -0.39 is 0 Å². The van der Waals surface area contributed by atoms with Crippen molar-refractivity contribution in [2.45, 2.75) is 13.5 Å². The van der Waals surface area contributed by atoms with Gasteiger partial charge < -0.3 is 11.1 Å². The fourth-order valence-electron chi connectivity index (χ4n) is 2.25. The minimum absolute atomic E-state index is 0.677. The van der Waals surface area contributed by atoms with Crippen LogP contribution in [0, 0.1) is 6.92 Å². The lowest BCUT2D eigenvalue weighted by molar-refractivity contribution is 1.15. The first kappa shape index (κ1) is 12.5. The summed E-state index contributed by atoms with van der Waals surface area (Å²) in [4.78, 5) is 4.34. The molecule has 3 heteroatoms. The van der Waals surface area contributed by atoms with Crippen LogP contribution in [0.15, 0.2) is 54.7 Å². The van der Waals surface area contributed by atoms with Gasteiger partial charge >= 0.3 is 0 Å². The highest BCUT2D eigenvalue weighted by atomic mass is 14.9. The van der Waals surface area contributed by atoms with Crippen molar-refractivity contribution in [3.63, 3.8) is 0 Å². The summed E-state index contributed by atoms with van der Waals surface area (Å²) in [7, 11) is 0. The summed E-state index contributed by atoms with van der Waals surface area (Å²) in [6.07, 6.45) is 1.71. The molecule has 3 nitrogen and oxygen atoms in total. The van der Waals surface area contributed by atoms with Crippen molar-refractivity contribution in [3.05, 3.63) is 65.9 Å². The summed E-state index contributed by atoms with van der Waals surface area (Å²) < 4.78 is 0. The molecule has 3 rings (SSSR count). The molecule has 0 saturated carbocycles. The Balaban J connectivity index is 1.90. The van der Waals surface area contributed by atoms with E-state index in [2.05, 4.69) is 41.5 Å². The first-order valence-corrected chi connectivity index (χ1v) is 6.66. The van der Waals surface area contributed by atoms with Crippen LogP contribution in [0.1, 0.15) is 11.1 Å². The zero-order valence-electron chi connectivity index (χ0n) is 11.4. The Hall–Kier alpha value is -2.55. The fraction of sp³-hybridized carbons (Fsp3) is 0.118. The average Bonchev–Trinajstić information content (AvgIpc) is 2.48. The van der Waals surface area contributed by atoms with Crippen LogP contribution in [0.5, 0.6) is 0 Å². The fourth-order valence-corrected chi connectivity index (χ4v) is 2.25. The number of pyridine rings is 1. The number of benzene rings is 2. The number of hydrogen-bond donors (Lipinski definition) is 2. The molecule has 2 aromatic carbocycles. The second-order valence-electron chi connectivity index (χ2n) is 4.94. The van der Waals surface area contributed by atoms with Gasteiger partial charge in [0.2, 0.25) is 0 Å². The van der Waals surface area contributed by atoms with Crippen molar-refractivity contribution in [2.75, 3.05) is 11.1 Å². The summed E-state index contributed by atoms with van der Waals surface area (Å²) in [6.45, 7) is 2.84. The van der Waals surface area contributed by atoms with E-state index in [0.29, 0.717) is 5.69 Å². The molecule has 0 unspecified atom stereocenters. The molecular formula is C17H17N3. The van der Waals surface area contributed by atoms with Crippen LogP contribution in [0.3, 0.4) is 0 Å². The van der Waals surface area contributed by atoms with E-state index in [-0.39, 0.29) is 0 Å². The highest BCUT2D eigenvalue weighted by Crippen LogP contribution is 2.27. The van der Waals surface area contributed by atoms with Gasteiger partial charge in [-0.05, 0) is 18.6 Å². The van der Waals surface area contributed by atoms with Gasteiger partial charge in [-0.2, -0.15) is 0 Å². The van der Waals surface area contributed by atoms with Gasteiger partial charge in [0.25, 0.3) is 0 Å². The summed E-state index contributed by atoms with van der Waals surface area (Å²) in [5, 5.41) is 4.48. The van der Waals surface area contributed by atoms with Crippen LogP contribution < -0.4 is 11.1 Å². The van der Waals surface area contributed by atoms with Crippen LogP contribution in [-0.2, 0) is 6.54 Å². The summed E-state index contributed by atoms with van der Waals surface area (Å²) in [5.41, 5.74) is 11.1. The van der Waals surface area contributed by atoms with Gasteiger partial charge in [-0.3, -0.25) is 4.98 Å². The second-order valence-corrected chi connectivity index (χ2v) is 4.94. The van der Waals surface area contributed by atoms with Crippen LogP contribution in [-0.4, -0.2) is 4.98 Å². The molecule has 0 bridgehead atoms. The second kappa shape index (κ2) is 5.21. The Morgan fingerprint density at radius 1 is 1.05 bits per heavy atom. The van der Waals surface area contributed by atoms with E-state index in [1.165, 1.54) is 11.1 Å². The number of nitrogens with zero attached hydrogens (tertiary/aromatic N) is 1. The first-order chi connectivity index (χ1) is 9.74. The number of nitrogens with one attached hydrogen (secondary N) is 1. The number of aromatic nitrogens is 1. The van der Waals surface area contributed by atoms with Crippen LogP contribution >= 0.6 is 0 Å². The topological polar surface area (TPSA) is 50.9 Å². The molecule has 3 N–H and O–H groups in total. The largest absolute Gasteiger partial charge is 0.396 e. The zero-order valence-corrected chi connectivity index (χ0v) is 11.4. The Bertz CT molecular complexity index is 733. The van der Waals surface area contributed by atoms with E-state index in [1.54, 1.807) is 6.20 Å². The standard InChI is InChI=1S/C17H17N3/c1-12-6-8-13(9-7-12)10-20-17-14-4-2-3-5-16(14)19-11-15(17)18/h2-9,11H,10,18H2,1H3,(H,19,20). The smallest absolute Gasteiger partial charge is 0.0743 e. The Morgan fingerprint density at radius 2 is 1.80 bits per heavy atom. The predicted octanol–water partition coefficient (Wildman–Crippen LogP) is 3.74. The number of aryl methyl sites for hydroxylation is 1. The number of hydrogen-bond acceptors (Lipinski definition) is 3. The van der Waals surface area contributed by atoms with E-state index >= 15 is 0 Å². The van der Waals surface area contributed by atoms with E-state index in [9.17, 15) is 0 Å². The predicted molar refractivity (Wildman–Crippen MR) is 84.7 cm³/mol. The lowest BCUT2D eigenvalue weighted by Gasteiger charge is -2.12. The SMILES string of the molecule is Cc1ccc(CNc2c(N)cnc3ccccc23)cc1. The zero-order chi connectivity index (χ0) is 13.9. The molecule has 100 valence electrons. The van der Waals surface area contributed by atoms with Crippen LogP contribution in [0.2, 0.25) is 0 Å². The summed E-state index contributed by atoms with van der Waals surface area (Å²) in [6, 6.07) is 16.5. The Morgan fingerprint density at radius 3 is 2.60 bits per heavy atom. The normalized spacial score (nSPS) is 10.7. The van der Waals surface area contributed by atoms with Gasteiger partial charge in [-0.25, -0.2) is 0 Å². The quantitative estimate of drug-likeness (QED) is 0.757. The van der Waals surface area contributed by atoms with Gasteiger partial charge in [-0.15, -0.1) is 0 Å². The lowest BCUT2D eigenvalue weighted by atomic mass is 10.1. The van der Waals surface area contributed by atoms with E-state index in [0.717, 1.165) is 23.1 Å². The maximum Gasteiger partial charge on any atom is 0.0743 e. The van der Waals surface area contributed by atoms with Crippen molar-refractivity contribution in [2.24, 2.45) is 0 Å². The van der Waals surface area contributed by atoms with E-state index in [1.807, 2.05) is 24.3 Å². The van der Waals surface area contributed by atoms with E-state index in [4.69, 9.17) is 5.73 Å². The molecule has 0 amide bonds. The number of para-hydroxylation sites is 1. The maximum atomic E-state index is 6.05. The minimum Gasteiger partial charge on any atom is -0.396 e. The number of nitrogens with two attached hydrogens (primary N) is 1. The highest BCUT2D eigenvalue weighted by Gasteiger charge is 2.05. The van der Waals surface area contributed by atoms with Crippen molar-refractivity contribution in [3.8, 4) is 0 Å². The molecule has 0 aliphatic rings. The van der Waals surface area contributed by atoms with Gasteiger partial charge in [-0.1, -0.05) is 48.0 Å². The molecule has 0 radical (unpaired) electrons. The molecule has 0 atom stereocenters. The highest BCUT2D eigenvalue weighted by molar-refractivity contribution is 5.96. The van der Waals surface area contributed by atoms with Gasteiger partial charge in [0.05, 0.1) is 23.1 Å². The first-order valence-electron chi connectivity index (χ1n) is 6.66. The number of nitrogen functional groups attached to an aromatic ring is 1. The van der Waals surface area contributed by atoms with Crippen molar-refractivity contribution in [1.29, 1.82) is 0 Å². The van der Waals surface area contributed by atoms with Crippen molar-refractivity contribution < 1.29 is 0 Å².